The maximum atomic E-state index is 13.0. The lowest BCUT2D eigenvalue weighted by molar-refractivity contribution is 0.0983. The zero-order valence-corrected chi connectivity index (χ0v) is 11.4. The number of amides is 1. The second-order valence-electron chi connectivity index (χ2n) is 5.69. The number of hydrogen-bond acceptors (Lipinski definition) is 1. The van der Waals surface area contributed by atoms with Crippen LogP contribution in [-0.4, -0.2) is 11.9 Å². The number of fused-ring (bicyclic) bond motifs is 2. The molecule has 20 heavy (non-hydrogen) atoms. The Hall–Kier alpha value is -2.09. The van der Waals surface area contributed by atoms with Crippen LogP contribution in [0.4, 0.5) is 5.69 Å². The summed E-state index contributed by atoms with van der Waals surface area (Å²) < 4.78 is 0. The van der Waals surface area contributed by atoms with E-state index in [1.165, 1.54) is 11.1 Å². The standard InChI is InChI=1S/C18H17NO/c20-18-16-7-3-1-5-13(16)9-10-14-6-2-4-8-17(14)19(18)15-11-12-15/h1-8,15H,9-12H2. The number of para-hydroxylation sites is 1. The molecule has 0 atom stereocenters. The monoisotopic (exact) mass is 263 g/mol. The summed E-state index contributed by atoms with van der Waals surface area (Å²) in [5.41, 5.74) is 4.48. The molecule has 0 saturated heterocycles. The Morgan fingerprint density at radius 3 is 2.30 bits per heavy atom. The third-order valence-corrected chi connectivity index (χ3v) is 4.29. The van der Waals surface area contributed by atoms with Gasteiger partial charge in [-0.3, -0.25) is 4.79 Å². The second-order valence-corrected chi connectivity index (χ2v) is 5.69. The fourth-order valence-electron chi connectivity index (χ4n) is 3.11. The van der Waals surface area contributed by atoms with Gasteiger partial charge in [-0.25, -0.2) is 0 Å². The van der Waals surface area contributed by atoms with Gasteiger partial charge in [0.05, 0.1) is 0 Å². The van der Waals surface area contributed by atoms with Crippen molar-refractivity contribution in [2.75, 3.05) is 4.90 Å². The zero-order chi connectivity index (χ0) is 13.5. The van der Waals surface area contributed by atoms with Crippen molar-refractivity contribution in [1.82, 2.24) is 0 Å². The van der Waals surface area contributed by atoms with E-state index in [2.05, 4.69) is 24.3 Å². The number of hydrogen-bond donors (Lipinski definition) is 0. The van der Waals surface area contributed by atoms with Crippen LogP contribution in [-0.2, 0) is 12.8 Å². The summed E-state index contributed by atoms with van der Waals surface area (Å²) in [7, 11) is 0. The first-order valence-electron chi connectivity index (χ1n) is 7.34. The van der Waals surface area contributed by atoms with Crippen molar-refractivity contribution in [3.63, 3.8) is 0 Å². The fraction of sp³-hybridized carbons (Fsp3) is 0.278. The number of carbonyl (C=O) groups excluding carboxylic acids is 1. The predicted molar refractivity (Wildman–Crippen MR) is 80.1 cm³/mol. The Morgan fingerprint density at radius 1 is 0.850 bits per heavy atom. The maximum Gasteiger partial charge on any atom is 0.258 e. The van der Waals surface area contributed by atoms with Gasteiger partial charge in [-0.1, -0.05) is 36.4 Å². The predicted octanol–water partition coefficient (Wildman–Crippen LogP) is 3.59. The molecule has 2 heteroatoms. The fourth-order valence-corrected chi connectivity index (χ4v) is 3.11. The van der Waals surface area contributed by atoms with Crippen LogP contribution in [0.1, 0.15) is 34.3 Å². The summed E-state index contributed by atoms with van der Waals surface area (Å²) in [6.07, 6.45) is 4.20. The van der Waals surface area contributed by atoms with Crippen LogP contribution >= 0.6 is 0 Å². The van der Waals surface area contributed by atoms with Crippen molar-refractivity contribution in [2.24, 2.45) is 0 Å². The average molecular weight is 263 g/mol. The molecular formula is C18H17NO. The van der Waals surface area contributed by atoms with Gasteiger partial charge < -0.3 is 4.90 Å². The van der Waals surface area contributed by atoms with Crippen molar-refractivity contribution in [1.29, 1.82) is 0 Å². The minimum absolute atomic E-state index is 0.176. The molecule has 2 aromatic carbocycles. The first-order chi connectivity index (χ1) is 9.84. The third-order valence-electron chi connectivity index (χ3n) is 4.29. The SMILES string of the molecule is O=C1c2ccccc2CCc2ccccc2N1C1CC1. The summed E-state index contributed by atoms with van der Waals surface area (Å²) in [6, 6.07) is 16.8. The van der Waals surface area contributed by atoms with E-state index in [1.807, 2.05) is 29.2 Å². The molecule has 1 aliphatic heterocycles. The minimum atomic E-state index is 0.176. The Morgan fingerprint density at radius 2 is 1.50 bits per heavy atom. The maximum absolute atomic E-state index is 13.0. The van der Waals surface area contributed by atoms with Crippen LogP contribution in [0, 0.1) is 0 Å². The van der Waals surface area contributed by atoms with Crippen molar-refractivity contribution in [3.8, 4) is 0 Å². The highest BCUT2D eigenvalue weighted by molar-refractivity contribution is 6.08. The molecule has 0 spiro atoms. The highest BCUT2D eigenvalue weighted by Gasteiger charge is 2.36. The lowest BCUT2D eigenvalue weighted by Gasteiger charge is -2.28. The van der Waals surface area contributed by atoms with E-state index in [0.29, 0.717) is 6.04 Å². The topological polar surface area (TPSA) is 20.3 Å². The van der Waals surface area contributed by atoms with Crippen LogP contribution in [0.15, 0.2) is 48.5 Å². The number of benzene rings is 2. The van der Waals surface area contributed by atoms with E-state index in [-0.39, 0.29) is 5.91 Å². The summed E-state index contributed by atoms with van der Waals surface area (Å²) in [4.78, 5) is 15.0. The molecule has 100 valence electrons. The van der Waals surface area contributed by atoms with E-state index < -0.39 is 0 Å². The number of carbonyl (C=O) groups is 1. The number of anilines is 1. The number of rotatable bonds is 1. The third kappa shape index (κ3) is 1.83. The minimum Gasteiger partial charge on any atom is -0.305 e. The summed E-state index contributed by atoms with van der Waals surface area (Å²) >= 11 is 0. The molecule has 1 amide bonds. The number of aryl methyl sites for hydroxylation is 2. The largest absolute Gasteiger partial charge is 0.305 e. The smallest absolute Gasteiger partial charge is 0.258 e. The van der Waals surface area contributed by atoms with Gasteiger partial charge in [0.2, 0.25) is 0 Å². The van der Waals surface area contributed by atoms with Gasteiger partial charge in [0, 0.05) is 17.3 Å². The van der Waals surface area contributed by atoms with Crippen molar-refractivity contribution in [3.05, 3.63) is 65.2 Å². The molecular weight excluding hydrogens is 246 g/mol. The van der Waals surface area contributed by atoms with Gasteiger partial charge in [0.1, 0.15) is 0 Å². The van der Waals surface area contributed by atoms with Crippen LogP contribution in [0.3, 0.4) is 0 Å². The summed E-state index contributed by atoms with van der Waals surface area (Å²) in [5, 5.41) is 0. The molecule has 4 rings (SSSR count). The average Bonchev–Trinajstić information content (AvgIpc) is 3.30. The molecule has 1 heterocycles. The van der Waals surface area contributed by atoms with Gasteiger partial charge in [0.25, 0.3) is 5.91 Å². The number of nitrogens with zero attached hydrogens (tertiary/aromatic N) is 1. The molecule has 0 bridgehead atoms. The Kier molecular flexibility index (Phi) is 2.62. The van der Waals surface area contributed by atoms with E-state index in [4.69, 9.17) is 0 Å². The van der Waals surface area contributed by atoms with Crippen LogP contribution in [0.25, 0.3) is 0 Å². The molecule has 1 fully saturated rings. The van der Waals surface area contributed by atoms with Gasteiger partial charge >= 0.3 is 0 Å². The van der Waals surface area contributed by atoms with Gasteiger partial charge in [-0.05, 0) is 48.9 Å². The molecule has 0 N–H and O–H groups in total. The molecule has 2 aliphatic rings. The van der Waals surface area contributed by atoms with Crippen LogP contribution in [0.2, 0.25) is 0 Å². The molecule has 1 saturated carbocycles. The Balaban J connectivity index is 1.88. The highest BCUT2D eigenvalue weighted by Crippen LogP contribution is 2.37. The van der Waals surface area contributed by atoms with E-state index in [0.717, 1.165) is 36.9 Å². The second kappa shape index (κ2) is 4.48. The van der Waals surface area contributed by atoms with Crippen molar-refractivity contribution in [2.45, 2.75) is 31.7 Å². The quantitative estimate of drug-likeness (QED) is 0.770. The van der Waals surface area contributed by atoms with E-state index in [9.17, 15) is 4.79 Å². The summed E-state index contributed by atoms with van der Waals surface area (Å²) in [6.45, 7) is 0. The molecule has 0 radical (unpaired) electrons. The molecule has 2 nitrogen and oxygen atoms in total. The first kappa shape index (κ1) is 11.7. The first-order valence-corrected chi connectivity index (χ1v) is 7.34. The van der Waals surface area contributed by atoms with Crippen molar-refractivity contribution < 1.29 is 4.79 Å². The van der Waals surface area contributed by atoms with Crippen LogP contribution in [0.5, 0.6) is 0 Å². The normalized spacial score (nSPS) is 18.0. The van der Waals surface area contributed by atoms with E-state index in [1.54, 1.807) is 0 Å². The van der Waals surface area contributed by atoms with E-state index >= 15 is 0 Å². The molecule has 2 aromatic rings. The Labute approximate surface area is 119 Å². The van der Waals surface area contributed by atoms with Gasteiger partial charge in [0.15, 0.2) is 0 Å². The zero-order valence-electron chi connectivity index (χ0n) is 11.4. The van der Waals surface area contributed by atoms with Crippen molar-refractivity contribution >= 4 is 11.6 Å². The molecule has 0 unspecified atom stereocenters. The molecule has 1 aliphatic carbocycles. The lowest BCUT2D eigenvalue weighted by Crippen LogP contribution is -2.35. The van der Waals surface area contributed by atoms with Gasteiger partial charge in [-0.2, -0.15) is 0 Å². The lowest BCUT2D eigenvalue weighted by atomic mass is 9.95. The summed E-state index contributed by atoms with van der Waals surface area (Å²) in [5.74, 6) is 0.176. The highest BCUT2D eigenvalue weighted by atomic mass is 16.2. The molecule has 0 aromatic heterocycles. The van der Waals surface area contributed by atoms with Gasteiger partial charge in [-0.15, -0.1) is 0 Å². The Bertz CT molecular complexity index is 673. The van der Waals surface area contributed by atoms with Crippen LogP contribution < -0.4 is 4.90 Å².